The molecule has 0 aromatic heterocycles. The van der Waals surface area contributed by atoms with Crippen LogP contribution in [0.15, 0.2) is 48.5 Å². The van der Waals surface area contributed by atoms with Crippen LogP contribution in [-0.2, 0) is 4.79 Å². The van der Waals surface area contributed by atoms with E-state index >= 15 is 0 Å². The topological polar surface area (TPSA) is 38.3 Å². The van der Waals surface area contributed by atoms with Crippen molar-refractivity contribution in [3.8, 4) is 5.75 Å². The lowest BCUT2D eigenvalue weighted by Gasteiger charge is -2.15. The molecule has 2 aromatic carbocycles. The molecule has 0 saturated heterocycles. The summed E-state index contributed by atoms with van der Waals surface area (Å²) in [5.41, 5.74) is 1.02. The highest BCUT2D eigenvalue weighted by Crippen LogP contribution is 2.49. The van der Waals surface area contributed by atoms with Crippen molar-refractivity contribution in [1.29, 1.82) is 0 Å². The largest absolute Gasteiger partial charge is 0.488 e. The lowest BCUT2D eigenvalue weighted by Crippen LogP contribution is -2.38. The third kappa shape index (κ3) is 3.88. The zero-order valence-electron chi connectivity index (χ0n) is 13.3. The molecule has 0 heterocycles. The minimum Gasteiger partial charge on any atom is -0.488 e. The van der Waals surface area contributed by atoms with Crippen molar-refractivity contribution < 1.29 is 13.9 Å². The summed E-state index contributed by atoms with van der Waals surface area (Å²) in [6.07, 6.45) is 0.802. The average molecular weight is 348 g/mol. The number of hydrogen-bond acceptors (Lipinski definition) is 2. The van der Waals surface area contributed by atoms with Gasteiger partial charge in [0, 0.05) is 10.9 Å². The van der Waals surface area contributed by atoms with Gasteiger partial charge in [-0.3, -0.25) is 4.79 Å². The van der Waals surface area contributed by atoms with E-state index in [1.54, 1.807) is 18.2 Å². The fraction of sp³-hybridized carbons (Fsp3) is 0.316. The molecule has 3 unspecified atom stereocenters. The highest BCUT2D eigenvalue weighted by atomic mass is 35.5. The first-order valence-corrected chi connectivity index (χ1v) is 8.36. The number of carbonyl (C=O) groups is 1. The maximum Gasteiger partial charge on any atom is 0.224 e. The van der Waals surface area contributed by atoms with Crippen molar-refractivity contribution in [2.75, 3.05) is 6.61 Å². The number of nitrogens with one attached hydrogen (secondary N) is 1. The summed E-state index contributed by atoms with van der Waals surface area (Å²) in [7, 11) is 0. The van der Waals surface area contributed by atoms with Gasteiger partial charge in [-0.25, -0.2) is 4.39 Å². The Bertz CT molecular complexity index is 737. The third-order valence-corrected chi connectivity index (χ3v) is 4.49. The van der Waals surface area contributed by atoms with Crippen LogP contribution in [-0.4, -0.2) is 18.6 Å². The maximum atomic E-state index is 13.5. The molecule has 1 aliphatic rings. The van der Waals surface area contributed by atoms with Gasteiger partial charge in [-0.2, -0.15) is 0 Å². The van der Waals surface area contributed by atoms with E-state index < -0.39 is 5.82 Å². The van der Waals surface area contributed by atoms with Gasteiger partial charge in [0.05, 0.1) is 6.04 Å². The summed E-state index contributed by atoms with van der Waals surface area (Å²) in [6.45, 7) is 2.06. The Hall–Kier alpha value is -2.07. The average Bonchev–Trinajstić information content (AvgIpc) is 3.35. The van der Waals surface area contributed by atoms with Gasteiger partial charge in [0.25, 0.3) is 0 Å². The zero-order valence-corrected chi connectivity index (χ0v) is 14.1. The Morgan fingerprint density at radius 2 is 2.00 bits per heavy atom. The molecule has 0 spiro atoms. The van der Waals surface area contributed by atoms with Crippen LogP contribution >= 0.6 is 11.6 Å². The van der Waals surface area contributed by atoms with Crippen LogP contribution in [0.1, 0.15) is 24.8 Å². The Morgan fingerprint density at radius 3 is 2.75 bits per heavy atom. The van der Waals surface area contributed by atoms with Crippen LogP contribution in [0.2, 0.25) is 5.02 Å². The fourth-order valence-corrected chi connectivity index (χ4v) is 3.05. The maximum absolute atomic E-state index is 13.5. The zero-order chi connectivity index (χ0) is 17.1. The second kappa shape index (κ2) is 7.22. The van der Waals surface area contributed by atoms with E-state index in [-0.39, 0.29) is 36.1 Å². The van der Waals surface area contributed by atoms with Crippen molar-refractivity contribution in [3.63, 3.8) is 0 Å². The Morgan fingerprint density at radius 1 is 1.29 bits per heavy atom. The summed E-state index contributed by atoms with van der Waals surface area (Å²) in [5.74, 6) is -0.0975. The number of ether oxygens (including phenoxy) is 1. The number of benzene rings is 2. The molecule has 24 heavy (non-hydrogen) atoms. The van der Waals surface area contributed by atoms with E-state index in [0.29, 0.717) is 5.02 Å². The molecule has 0 radical (unpaired) electrons. The van der Waals surface area contributed by atoms with Gasteiger partial charge in [-0.15, -0.1) is 0 Å². The van der Waals surface area contributed by atoms with E-state index in [4.69, 9.17) is 16.3 Å². The third-order valence-electron chi connectivity index (χ3n) is 4.15. The van der Waals surface area contributed by atoms with Crippen LogP contribution < -0.4 is 10.1 Å². The van der Waals surface area contributed by atoms with E-state index in [2.05, 4.69) is 5.32 Å². The minimum absolute atomic E-state index is 0.00967. The molecule has 126 valence electrons. The van der Waals surface area contributed by atoms with Gasteiger partial charge in [0.2, 0.25) is 5.91 Å². The van der Waals surface area contributed by atoms with Gasteiger partial charge in [0.15, 0.2) is 11.6 Å². The predicted molar refractivity (Wildman–Crippen MR) is 91.8 cm³/mol. The van der Waals surface area contributed by atoms with Crippen molar-refractivity contribution in [1.82, 2.24) is 5.32 Å². The monoisotopic (exact) mass is 347 g/mol. The Labute approximate surface area is 145 Å². The molecule has 3 nitrogen and oxygen atoms in total. The molecule has 0 bridgehead atoms. The smallest absolute Gasteiger partial charge is 0.224 e. The van der Waals surface area contributed by atoms with Crippen LogP contribution in [0, 0.1) is 11.7 Å². The van der Waals surface area contributed by atoms with Gasteiger partial charge in [-0.1, -0.05) is 41.9 Å². The second-order valence-electron chi connectivity index (χ2n) is 6.12. The molecule has 1 amide bonds. The summed E-state index contributed by atoms with van der Waals surface area (Å²) >= 11 is 6.18. The lowest BCUT2D eigenvalue weighted by atomic mass is 10.1. The van der Waals surface area contributed by atoms with E-state index in [1.807, 2.05) is 31.2 Å². The Kier molecular flexibility index (Phi) is 5.05. The molecule has 1 fully saturated rings. The minimum atomic E-state index is -0.406. The summed E-state index contributed by atoms with van der Waals surface area (Å²) in [4.78, 5) is 12.3. The molecule has 1 aliphatic carbocycles. The van der Waals surface area contributed by atoms with E-state index in [0.717, 1.165) is 12.0 Å². The predicted octanol–water partition coefficient (Wildman–Crippen LogP) is 4.17. The van der Waals surface area contributed by atoms with Crippen molar-refractivity contribution in [2.24, 2.45) is 5.92 Å². The van der Waals surface area contributed by atoms with E-state index in [9.17, 15) is 9.18 Å². The van der Waals surface area contributed by atoms with Crippen LogP contribution in [0.3, 0.4) is 0 Å². The molecule has 2 aromatic rings. The van der Waals surface area contributed by atoms with Crippen LogP contribution in [0.4, 0.5) is 4.39 Å². The van der Waals surface area contributed by atoms with Crippen LogP contribution in [0.25, 0.3) is 0 Å². The summed E-state index contributed by atoms with van der Waals surface area (Å²) in [6, 6.07) is 13.6. The fourth-order valence-electron chi connectivity index (χ4n) is 2.77. The molecular weight excluding hydrogens is 329 g/mol. The Balaban J connectivity index is 1.49. The van der Waals surface area contributed by atoms with Crippen molar-refractivity contribution in [3.05, 3.63) is 64.9 Å². The van der Waals surface area contributed by atoms with Crippen LogP contribution in [0.5, 0.6) is 5.75 Å². The van der Waals surface area contributed by atoms with Gasteiger partial charge >= 0.3 is 0 Å². The van der Waals surface area contributed by atoms with Gasteiger partial charge in [-0.05, 0) is 43.0 Å². The molecule has 3 atom stereocenters. The lowest BCUT2D eigenvalue weighted by molar-refractivity contribution is -0.123. The second-order valence-corrected chi connectivity index (χ2v) is 6.53. The summed E-state index contributed by atoms with van der Waals surface area (Å²) in [5, 5.41) is 3.62. The number of halogens is 2. The number of carbonyl (C=O) groups excluding carboxylic acids is 1. The first-order chi connectivity index (χ1) is 11.6. The first-order valence-electron chi connectivity index (χ1n) is 7.98. The van der Waals surface area contributed by atoms with Gasteiger partial charge in [0.1, 0.15) is 6.61 Å². The normalized spacial score (nSPS) is 20.3. The SMILES string of the molecule is CC(COc1ccccc1F)NC(=O)C1CC1c1ccccc1Cl. The molecule has 3 rings (SSSR count). The summed E-state index contributed by atoms with van der Waals surface area (Å²) < 4.78 is 18.9. The molecular formula is C19H19ClFNO2. The molecule has 1 saturated carbocycles. The first kappa shape index (κ1) is 16.8. The van der Waals surface area contributed by atoms with Crippen molar-refractivity contribution >= 4 is 17.5 Å². The standard InChI is InChI=1S/C19H19ClFNO2/c1-12(11-24-18-9-5-4-8-17(18)21)22-19(23)15-10-14(15)13-6-2-3-7-16(13)20/h2-9,12,14-15H,10-11H2,1H3,(H,22,23). The molecule has 5 heteroatoms. The number of rotatable bonds is 6. The highest BCUT2D eigenvalue weighted by Gasteiger charge is 2.44. The molecule has 1 N–H and O–H groups in total. The van der Waals surface area contributed by atoms with E-state index in [1.165, 1.54) is 6.07 Å². The number of amides is 1. The number of para-hydroxylation sites is 1. The number of hydrogen-bond donors (Lipinski definition) is 1. The van der Waals surface area contributed by atoms with Crippen molar-refractivity contribution in [2.45, 2.75) is 25.3 Å². The highest BCUT2D eigenvalue weighted by molar-refractivity contribution is 6.31. The van der Waals surface area contributed by atoms with Gasteiger partial charge < -0.3 is 10.1 Å². The molecule has 0 aliphatic heterocycles. The quantitative estimate of drug-likeness (QED) is 0.851.